The Kier molecular flexibility index (Phi) is 6.41. The summed E-state index contributed by atoms with van der Waals surface area (Å²) in [6, 6.07) is 11.9. The molecule has 138 valence electrons. The van der Waals surface area contributed by atoms with Gasteiger partial charge in [-0.1, -0.05) is 35.3 Å². The molecule has 6 heteroatoms. The molecule has 2 aromatic rings. The second-order valence-corrected chi connectivity index (χ2v) is 7.27. The van der Waals surface area contributed by atoms with Gasteiger partial charge >= 0.3 is 5.97 Å². The summed E-state index contributed by atoms with van der Waals surface area (Å²) >= 11 is 12.4. The number of nitrogens with one attached hydrogen (secondary N) is 1. The van der Waals surface area contributed by atoms with Gasteiger partial charge in [0.2, 0.25) is 0 Å². The summed E-state index contributed by atoms with van der Waals surface area (Å²) in [6.45, 7) is 0.839. The first kappa shape index (κ1) is 19.0. The van der Waals surface area contributed by atoms with Crippen LogP contribution in [-0.2, 0) is 24.2 Å². The summed E-state index contributed by atoms with van der Waals surface area (Å²) in [4.78, 5) is 10.6. The maximum atomic E-state index is 10.6. The Labute approximate surface area is 163 Å². The summed E-state index contributed by atoms with van der Waals surface area (Å²) in [5.74, 6) is 0.0335. The highest BCUT2D eigenvalue weighted by atomic mass is 35.5. The number of hydrogen-bond donors (Lipinski definition) is 2. The quantitative estimate of drug-likeness (QED) is 0.727. The first-order chi connectivity index (χ1) is 12.5. The fraction of sp³-hybridized carbons (Fsp3) is 0.350. The molecule has 4 nitrogen and oxygen atoms in total. The largest absolute Gasteiger partial charge is 0.489 e. The van der Waals surface area contributed by atoms with Crippen molar-refractivity contribution in [2.45, 2.75) is 38.3 Å². The van der Waals surface area contributed by atoms with Crippen molar-refractivity contribution in [3.05, 3.63) is 63.1 Å². The third kappa shape index (κ3) is 4.91. The van der Waals surface area contributed by atoms with E-state index in [2.05, 4.69) is 17.4 Å². The van der Waals surface area contributed by atoms with Gasteiger partial charge in [-0.05, 0) is 54.7 Å². The maximum absolute atomic E-state index is 10.6. The molecule has 0 spiro atoms. The molecule has 0 heterocycles. The molecule has 0 saturated heterocycles. The van der Waals surface area contributed by atoms with Gasteiger partial charge in [0, 0.05) is 28.2 Å². The molecule has 0 aromatic heterocycles. The van der Waals surface area contributed by atoms with Gasteiger partial charge in [-0.3, -0.25) is 4.79 Å². The number of rotatable bonds is 7. The normalized spacial score (nSPS) is 16.2. The van der Waals surface area contributed by atoms with Crippen molar-refractivity contribution < 1.29 is 14.6 Å². The molecule has 0 fully saturated rings. The van der Waals surface area contributed by atoms with E-state index < -0.39 is 5.97 Å². The summed E-state index contributed by atoms with van der Waals surface area (Å²) in [7, 11) is 0. The number of aryl methyl sites for hydroxylation is 1. The lowest BCUT2D eigenvalue weighted by atomic mass is 9.88. The molecule has 1 unspecified atom stereocenters. The predicted octanol–water partition coefficient (Wildman–Crippen LogP) is 4.49. The maximum Gasteiger partial charge on any atom is 0.304 e. The van der Waals surface area contributed by atoms with E-state index >= 15 is 0 Å². The van der Waals surface area contributed by atoms with Crippen molar-refractivity contribution in [3.8, 4) is 5.75 Å². The van der Waals surface area contributed by atoms with E-state index in [9.17, 15) is 4.79 Å². The molecule has 1 atom stereocenters. The number of carboxylic acid groups (broad SMARTS) is 1. The van der Waals surface area contributed by atoms with Crippen LogP contribution in [0.1, 0.15) is 29.5 Å². The zero-order valence-electron chi connectivity index (χ0n) is 14.3. The highest BCUT2D eigenvalue weighted by Gasteiger charge is 2.19. The van der Waals surface area contributed by atoms with E-state index in [1.54, 1.807) is 12.1 Å². The lowest BCUT2D eigenvalue weighted by molar-refractivity contribution is -0.136. The van der Waals surface area contributed by atoms with Crippen LogP contribution in [0.2, 0.25) is 10.0 Å². The summed E-state index contributed by atoms with van der Waals surface area (Å²) in [6.07, 6.45) is 3.00. The number of aliphatic carboxylic acids is 1. The van der Waals surface area contributed by atoms with Crippen LogP contribution in [0.3, 0.4) is 0 Å². The zero-order chi connectivity index (χ0) is 18.5. The first-order valence-corrected chi connectivity index (χ1v) is 9.41. The summed E-state index contributed by atoms with van der Waals surface area (Å²) < 4.78 is 5.89. The summed E-state index contributed by atoms with van der Waals surface area (Å²) in [5, 5.41) is 13.3. The van der Waals surface area contributed by atoms with Crippen LogP contribution in [0.15, 0.2) is 36.4 Å². The fourth-order valence-corrected chi connectivity index (χ4v) is 3.71. The number of halogens is 2. The Morgan fingerprint density at radius 1 is 1.19 bits per heavy atom. The second-order valence-electron chi connectivity index (χ2n) is 6.46. The smallest absolute Gasteiger partial charge is 0.304 e. The Bertz CT molecular complexity index is 774. The lowest BCUT2D eigenvalue weighted by Gasteiger charge is -2.26. The van der Waals surface area contributed by atoms with E-state index in [4.69, 9.17) is 33.0 Å². The Morgan fingerprint density at radius 3 is 2.69 bits per heavy atom. The SMILES string of the molecule is O=C(O)CCNC1CCc2cc(OCc3c(Cl)cccc3Cl)ccc2C1. The van der Waals surface area contributed by atoms with Gasteiger partial charge in [0.1, 0.15) is 12.4 Å². The average Bonchev–Trinajstić information content (AvgIpc) is 2.61. The number of benzene rings is 2. The van der Waals surface area contributed by atoms with Crippen molar-refractivity contribution in [3.63, 3.8) is 0 Å². The molecular weight excluding hydrogens is 373 g/mol. The van der Waals surface area contributed by atoms with E-state index in [-0.39, 0.29) is 6.42 Å². The molecule has 1 aliphatic carbocycles. The minimum absolute atomic E-state index is 0.154. The molecule has 2 aromatic carbocycles. The number of carboxylic acids is 1. The van der Waals surface area contributed by atoms with Crippen LogP contribution < -0.4 is 10.1 Å². The molecule has 0 radical (unpaired) electrons. The van der Waals surface area contributed by atoms with Crippen LogP contribution in [0.5, 0.6) is 5.75 Å². The topological polar surface area (TPSA) is 58.6 Å². The molecule has 26 heavy (non-hydrogen) atoms. The van der Waals surface area contributed by atoms with Crippen LogP contribution >= 0.6 is 23.2 Å². The Balaban J connectivity index is 1.59. The average molecular weight is 394 g/mol. The third-order valence-corrected chi connectivity index (χ3v) is 5.33. The standard InChI is InChI=1S/C20H21Cl2NO3/c21-18-2-1-3-19(22)17(18)12-26-16-7-5-13-10-15(6-4-14(13)11-16)23-9-8-20(24)25/h1-3,5,7,11,15,23H,4,6,8-10,12H2,(H,24,25). The van der Waals surface area contributed by atoms with Crippen LogP contribution in [0, 0.1) is 0 Å². The minimum Gasteiger partial charge on any atom is -0.489 e. The van der Waals surface area contributed by atoms with Crippen molar-refractivity contribution >= 4 is 29.2 Å². The molecular formula is C20H21Cl2NO3. The number of ether oxygens (including phenoxy) is 1. The molecule has 2 N–H and O–H groups in total. The van der Waals surface area contributed by atoms with E-state index in [0.717, 1.165) is 30.6 Å². The lowest BCUT2D eigenvalue weighted by Crippen LogP contribution is -2.35. The Morgan fingerprint density at radius 2 is 1.96 bits per heavy atom. The van der Waals surface area contributed by atoms with Crippen molar-refractivity contribution in [2.24, 2.45) is 0 Å². The van der Waals surface area contributed by atoms with Crippen molar-refractivity contribution in [1.82, 2.24) is 5.32 Å². The van der Waals surface area contributed by atoms with Crippen LogP contribution in [0.25, 0.3) is 0 Å². The highest BCUT2D eigenvalue weighted by Crippen LogP contribution is 2.28. The molecule has 0 saturated carbocycles. The molecule has 0 bridgehead atoms. The van der Waals surface area contributed by atoms with Crippen LogP contribution in [-0.4, -0.2) is 23.7 Å². The van der Waals surface area contributed by atoms with Gasteiger partial charge in [0.05, 0.1) is 6.42 Å². The second kappa shape index (κ2) is 8.76. The zero-order valence-corrected chi connectivity index (χ0v) is 15.8. The monoisotopic (exact) mass is 393 g/mol. The van der Waals surface area contributed by atoms with Crippen molar-refractivity contribution in [1.29, 1.82) is 0 Å². The molecule has 3 rings (SSSR count). The van der Waals surface area contributed by atoms with Gasteiger partial charge in [0.25, 0.3) is 0 Å². The fourth-order valence-electron chi connectivity index (χ4n) is 3.20. The van der Waals surface area contributed by atoms with Crippen molar-refractivity contribution in [2.75, 3.05) is 6.54 Å². The minimum atomic E-state index is -0.769. The van der Waals surface area contributed by atoms with E-state index in [1.165, 1.54) is 11.1 Å². The van der Waals surface area contributed by atoms with Crippen LogP contribution in [0.4, 0.5) is 0 Å². The van der Waals surface area contributed by atoms with Gasteiger partial charge in [-0.2, -0.15) is 0 Å². The number of carbonyl (C=O) groups is 1. The van der Waals surface area contributed by atoms with Gasteiger partial charge < -0.3 is 15.2 Å². The molecule has 0 aliphatic heterocycles. The number of hydrogen-bond acceptors (Lipinski definition) is 3. The van der Waals surface area contributed by atoms with Gasteiger partial charge in [-0.25, -0.2) is 0 Å². The number of fused-ring (bicyclic) bond motifs is 1. The van der Waals surface area contributed by atoms with E-state index in [1.807, 2.05) is 12.1 Å². The molecule has 0 amide bonds. The Hall–Kier alpha value is -1.75. The highest BCUT2D eigenvalue weighted by molar-refractivity contribution is 6.35. The predicted molar refractivity (Wildman–Crippen MR) is 103 cm³/mol. The molecule has 1 aliphatic rings. The van der Waals surface area contributed by atoms with Gasteiger partial charge in [-0.15, -0.1) is 0 Å². The van der Waals surface area contributed by atoms with Gasteiger partial charge in [0.15, 0.2) is 0 Å². The summed E-state index contributed by atoms with van der Waals surface area (Å²) in [5.41, 5.74) is 3.35. The van der Waals surface area contributed by atoms with E-state index in [0.29, 0.717) is 29.2 Å². The third-order valence-electron chi connectivity index (χ3n) is 4.62. The first-order valence-electron chi connectivity index (χ1n) is 8.65.